The highest BCUT2D eigenvalue weighted by atomic mass is 79.9. The fourth-order valence-electron chi connectivity index (χ4n) is 4.05. The van der Waals surface area contributed by atoms with Crippen molar-refractivity contribution in [2.45, 2.75) is 6.04 Å². The van der Waals surface area contributed by atoms with E-state index in [4.69, 9.17) is 25.8 Å². The van der Waals surface area contributed by atoms with Crippen molar-refractivity contribution in [2.75, 3.05) is 33.2 Å². The lowest BCUT2D eigenvalue weighted by atomic mass is 9.95. The molecule has 0 fully saturated rings. The van der Waals surface area contributed by atoms with E-state index >= 15 is 0 Å². The molecular weight excluding hydrogens is 524 g/mol. The van der Waals surface area contributed by atoms with Crippen LogP contribution in [0, 0.1) is 0 Å². The van der Waals surface area contributed by atoms with Gasteiger partial charge in [0.05, 0.1) is 32.9 Å². The van der Waals surface area contributed by atoms with Gasteiger partial charge in [-0.15, -0.1) is 0 Å². The number of rotatable bonds is 5. The lowest BCUT2D eigenvalue weighted by Gasteiger charge is -2.31. The maximum Gasteiger partial charge on any atom is 0.259 e. The number of carbonyl (C=O) groups excluding carboxylic acids is 2. The summed E-state index contributed by atoms with van der Waals surface area (Å²) in [7, 11) is 4.45. The van der Waals surface area contributed by atoms with Crippen LogP contribution in [0.5, 0.6) is 17.2 Å². The molecule has 0 aromatic heterocycles. The Morgan fingerprint density at radius 2 is 1.71 bits per heavy atom. The number of halogens is 2. The molecule has 0 saturated heterocycles. The maximum absolute atomic E-state index is 14.0. The second-order valence-electron chi connectivity index (χ2n) is 7.58. The van der Waals surface area contributed by atoms with E-state index in [2.05, 4.69) is 21.2 Å². The number of benzene rings is 3. The third-order valence-electron chi connectivity index (χ3n) is 5.57. The van der Waals surface area contributed by atoms with E-state index in [0.29, 0.717) is 28.0 Å². The van der Waals surface area contributed by atoms with Gasteiger partial charge in [-0.2, -0.15) is 0 Å². The maximum atomic E-state index is 14.0. The summed E-state index contributed by atoms with van der Waals surface area (Å²) in [6.45, 7) is -0.181. The van der Waals surface area contributed by atoms with E-state index in [9.17, 15) is 9.59 Å². The van der Waals surface area contributed by atoms with Crippen molar-refractivity contribution < 1.29 is 23.8 Å². The first kappa shape index (κ1) is 23.9. The number of hydrogen-bond donors (Lipinski definition) is 1. The van der Waals surface area contributed by atoms with Gasteiger partial charge in [-0.3, -0.25) is 9.59 Å². The second kappa shape index (κ2) is 9.95. The number of carbonyl (C=O) groups is 2. The molecular formula is C25H22BrClN2O5. The number of nitrogens with one attached hydrogen (secondary N) is 1. The molecule has 0 spiro atoms. The summed E-state index contributed by atoms with van der Waals surface area (Å²) in [6, 6.07) is 15.3. The molecule has 0 aliphatic carbocycles. The van der Waals surface area contributed by atoms with Crippen LogP contribution in [0.3, 0.4) is 0 Å². The van der Waals surface area contributed by atoms with Crippen LogP contribution in [0.2, 0.25) is 5.02 Å². The molecule has 1 atom stereocenters. The molecule has 9 heteroatoms. The van der Waals surface area contributed by atoms with Crippen LogP contribution in [-0.4, -0.2) is 44.6 Å². The molecule has 2 amide bonds. The van der Waals surface area contributed by atoms with Gasteiger partial charge in [0.15, 0.2) is 11.5 Å². The Balaban J connectivity index is 1.93. The van der Waals surface area contributed by atoms with Crippen LogP contribution in [0.25, 0.3) is 0 Å². The molecule has 0 bridgehead atoms. The molecule has 1 aliphatic rings. The molecule has 4 rings (SSSR count). The summed E-state index contributed by atoms with van der Waals surface area (Å²) in [6.07, 6.45) is 0. The van der Waals surface area contributed by atoms with E-state index in [1.807, 2.05) is 24.3 Å². The van der Waals surface area contributed by atoms with Crippen molar-refractivity contribution in [1.29, 1.82) is 0 Å². The van der Waals surface area contributed by atoms with Crippen molar-refractivity contribution in [3.05, 3.63) is 80.8 Å². The monoisotopic (exact) mass is 544 g/mol. The third kappa shape index (κ3) is 4.56. The van der Waals surface area contributed by atoms with Crippen molar-refractivity contribution in [3.63, 3.8) is 0 Å². The average molecular weight is 546 g/mol. The summed E-state index contributed by atoms with van der Waals surface area (Å²) < 4.78 is 17.1. The Kier molecular flexibility index (Phi) is 7.00. The first-order valence-electron chi connectivity index (χ1n) is 10.3. The van der Waals surface area contributed by atoms with Crippen LogP contribution in [0.1, 0.15) is 27.5 Å². The predicted octanol–water partition coefficient (Wildman–Crippen LogP) is 5.31. The molecule has 3 aromatic rings. The fraction of sp³-hybridized carbons (Fsp3) is 0.200. The van der Waals surface area contributed by atoms with E-state index in [1.165, 1.54) is 26.2 Å². The molecule has 1 heterocycles. The van der Waals surface area contributed by atoms with Gasteiger partial charge in [-0.25, -0.2) is 0 Å². The third-order valence-corrected chi connectivity index (χ3v) is 6.30. The van der Waals surface area contributed by atoms with Gasteiger partial charge in [0.2, 0.25) is 5.91 Å². The first-order valence-corrected chi connectivity index (χ1v) is 11.5. The summed E-state index contributed by atoms with van der Waals surface area (Å²) in [4.78, 5) is 28.4. The van der Waals surface area contributed by atoms with E-state index in [1.54, 1.807) is 30.3 Å². The van der Waals surface area contributed by atoms with Crippen molar-refractivity contribution in [3.8, 4) is 17.2 Å². The minimum Gasteiger partial charge on any atom is -0.496 e. The highest BCUT2D eigenvalue weighted by Crippen LogP contribution is 2.41. The number of methoxy groups -OCH3 is 3. The SMILES string of the molecule is COc1cc(OC)c(C(=O)N2CC(=O)Nc3ccc(Br)cc3[C@H]2c2cccc(Cl)c2)cc1OC. The van der Waals surface area contributed by atoms with Crippen LogP contribution < -0.4 is 19.5 Å². The summed E-state index contributed by atoms with van der Waals surface area (Å²) in [5.74, 6) is 0.358. The summed E-state index contributed by atoms with van der Waals surface area (Å²) in [5, 5.41) is 3.43. The molecule has 176 valence electrons. The average Bonchev–Trinajstić information content (AvgIpc) is 2.98. The van der Waals surface area contributed by atoms with Gasteiger partial charge in [0.1, 0.15) is 12.3 Å². The van der Waals surface area contributed by atoms with E-state index in [-0.39, 0.29) is 18.0 Å². The van der Waals surface area contributed by atoms with Crippen LogP contribution in [-0.2, 0) is 4.79 Å². The molecule has 0 unspecified atom stereocenters. The lowest BCUT2D eigenvalue weighted by Crippen LogP contribution is -2.39. The highest BCUT2D eigenvalue weighted by Gasteiger charge is 2.35. The first-order chi connectivity index (χ1) is 16.4. The zero-order chi connectivity index (χ0) is 24.4. The van der Waals surface area contributed by atoms with E-state index < -0.39 is 11.9 Å². The molecule has 3 aromatic carbocycles. The van der Waals surface area contributed by atoms with Crippen molar-refractivity contribution >= 4 is 45.0 Å². The fourth-order valence-corrected chi connectivity index (χ4v) is 4.63. The number of nitrogens with zero attached hydrogens (tertiary/aromatic N) is 1. The number of hydrogen-bond acceptors (Lipinski definition) is 5. The van der Waals surface area contributed by atoms with Gasteiger partial charge in [0.25, 0.3) is 5.91 Å². The van der Waals surface area contributed by atoms with Gasteiger partial charge in [0, 0.05) is 32.9 Å². The standard InChI is InChI=1S/C25H22BrClN2O5/c1-32-20-12-22(34-3)21(33-2)11-18(20)25(31)29-13-23(30)28-19-8-7-15(26)10-17(19)24(29)14-5-4-6-16(27)9-14/h4-12,24H,13H2,1-3H3,(H,28,30)/t24-/m1/s1. The zero-order valence-electron chi connectivity index (χ0n) is 18.7. The Labute approximate surface area is 210 Å². The number of anilines is 1. The minimum atomic E-state index is -0.601. The number of fused-ring (bicyclic) bond motifs is 1. The Morgan fingerprint density at radius 3 is 2.38 bits per heavy atom. The molecule has 7 nitrogen and oxygen atoms in total. The van der Waals surface area contributed by atoms with Crippen LogP contribution in [0.4, 0.5) is 5.69 Å². The van der Waals surface area contributed by atoms with Crippen molar-refractivity contribution in [2.24, 2.45) is 0 Å². The van der Waals surface area contributed by atoms with Crippen LogP contribution >= 0.6 is 27.5 Å². The van der Waals surface area contributed by atoms with Crippen molar-refractivity contribution in [1.82, 2.24) is 4.90 Å². The molecule has 0 saturated carbocycles. The second-order valence-corrected chi connectivity index (χ2v) is 8.93. The number of amides is 2. The highest BCUT2D eigenvalue weighted by molar-refractivity contribution is 9.10. The Hall–Kier alpha value is -3.23. The predicted molar refractivity (Wildman–Crippen MR) is 133 cm³/mol. The minimum absolute atomic E-state index is 0.181. The van der Waals surface area contributed by atoms with Gasteiger partial charge in [-0.05, 0) is 35.9 Å². The Morgan fingerprint density at radius 1 is 1.00 bits per heavy atom. The Bertz CT molecular complexity index is 1270. The topological polar surface area (TPSA) is 77.1 Å². The molecule has 1 N–H and O–H groups in total. The smallest absolute Gasteiger partial charge is 0.259 e. The largest absolute Gasteiger partial charge is 0.496 e. The van der Waals surface area contributed by atoms with Gasteiger partial charge in [-0.1, -0.05) is 39.7 Å². The number of ether oxygens (including phenoxy) is 3. The summed E-state index contributed by atoms with van der Waals surface area (Å²) in [5.41, 5.74) is 2.36. The van der Waals surface area contributed by atoms with E-state index in [0.717, 1.165) is 15.6 Å². The normalized spacial score (nSPS) is 15.1. The lowest BCUT2D eigenvalue weighted by molar-refractivity contribution is -0.117. The van der Waals surface area contributed by atoms with Gasteiger partial charge < -0.3 is 24.4 Å². The zero-order valence-corrected chi connectivity index (χ0v) is 21.1. The summed E-state index contributed by atoms with van der Waals surface area (Å²) >= 11 is 9.82. The quantitative estimate of drug-likeness (QED) is 0.470. The van der Waals surface area contributed by atoms with Gasteiger partial charge >= 0.3 is 0 Å². The molecule has 34 heavy (non-hydrogen) atoms. The molecule has 0 radical (unpaired) electrons. The van der Waals surface area contributed by atoms with Crippen LogP contribution in [0.15, 0.2) is 59.1 Å². The molecule has 1 aliphatic heterocycles.